The van der Waals surface area contributed by atoms with E-state index in [0.717, 1.165) is 62.1 Å². The van der Waals surface area contributed by atoms with E-state index in [9.17, 15) is 4.79 Å². The van der Waals surface area contributed by atoms with Gasteiger partial charge in [-0.25, -0.2) is 4.99 Å². The minimum absolute atomic E-state index is 0.00952. The maximum atomic E-state index is 14.3. The second-order valence-electron chi connectivity index (χ2n) is 11.2. The highest BCUT2D eigenvalue weighted by Gasteiger charge is 2.32. The molecular weight excluding hydrogens is 630 g/mol. The fourth-order valence-corrected chi connectivity index (χ4v) is 7.81. The van der Waals surface area contributed by atoms with Crippen LogP contribution in [0.1, 0.15) is 40.3 Å². The normalized spacial score (nSPS) is 16.0. The zero-order valence-electron chi connectivity index (χ0n) is 24.0. The molecule has 0 radical (unpaired) electrons. The highest BCUT2D eigenvalue weighted by atomic mass is 79.9. The van der Waals surface area contributed by atoms with Crippen LogP contribution in [0, 0.1) is 0 Å². The summed E-state index contributed by atoms with van der Waals surface area (Å²) >= 11 is 5.01. The number of hydrogen-bond acceptors (Lipinski definition) is 4. The number of methoxy groups -OCH3 is 1. The number of allylic oxidation sites excluding steroid dienone is 1. The Balaban J connectivity index is 1.31. The molecule has 4 aromatic carbocycles. The minimum Gasteiger partial charge on any atom is -0.497 e. The van der Waals surface area contributed by atoms with E-state index in [2.05, 4.69) is 112 Å². The van der Waals surface area contributed by atoms with Crippen molar-refractivity contribution in [2.24, 2.45) is 4.99 Å². The van der Waals surface area contributed by atoms with Crippen LogP contribution in [0.15, 0.2) is 123 Å². The average molecular weight is 659 g/mol. The number of ether oxygens (including phenoxy) is 1. The van der Waals surface area contributed by atoms with Gasteiger partial charge in [-0.1, -0.05) is 94.0 Å². The fraction of sp³-hybridized carbons (Fsp3) is 0.135. The quantitative estimate of drug-likeness (QED) is 0.199. The average Bonchev–Trinajstić information content (AvgIpc) is 3.57. The van der Waals surface area contributed by atoms with Gasteiger partial charge in [0, 0.05) is 39.2 Å². The van der Waals surface area contributed by atoms with Crippen molar-refractivity contribution in [3.05, 3.63) is 161 Å². The van der Waals surface area contributed by atoms with Crippen LogP contribution in [0.3, 0.4) is 0 Å². The van der Waals surface area contributed by atoms with E-state index < -0.39 is 0 Å². The molecule has 0 amide bonds. The van der Waals surface area contributed by atoms with Gasteiger partial charge in [0.05, 0.1) is 23.4 Å². The van der Waals surface area contributed by atoms with E-state index in [1.165, 1.54) is 33.6 Å². The predicted octanol–water partition coefficient (Wildman–Crippen LogP) is 7.09. The van der Waals surface area contributed by atoms with E-state index >= 15 is 0 Å². The van der Waals surface area contributed by atoms with Gasteiger partial charge in [0.15, 0.2) is 4.80 Å². The number of thiazole rings is 1. The summed E-state index contributed by atoms with van der Waals surface area (Å²) in [5.41, 5.74) is 9.10. The smallest absolute Gasteiger partial charge is 0.271 e. The van der Waals surface area contributed by atoms with Gasteiger partial charge in [0.2, 0.25) is 0 Å². The van der Waals surface area contributed by atoms with E-state index in [1.54, 1.807) is 7.11 Å². The summed E-state index contributed by atoms with van der Waals surface area (Å²) in [6.07, 6.45) is 6.00. The Morgan fingerprint density at radius 2 is 1.73 bits per heavy atom. The Bertz CT molecular complexity index is 2270. The largest absolute Gasteiger partial charge is 0.497 e. The minimum atomic E-state index is -0.221. The number of fused-ring (bicyclic) bond motifs is 4. The lowest BCUT2D eigenvalue weighted by molar-refractivity contribution is 0.414. The van der Waals surface area contributed by atoms with E-state index in [-0.39, 0.29) is 11.6 Å². The zero-order valence-corrected chi connectivity index (χ0v) is 26.4. The molecule has 0 fully saturated rings. The van der Waals surface area contributed by atoms with Gasteiger partial charge in [-0.2, -0.15) is 0 Å². The molecule has 8 rings (SSSR count). The van der Waals surface area contributed by atoms with Crippen LogP contribution in [0.4, 0.5) is 0 Å². The molecule has 5 nitrogen and oxygen atoms in total. The molecule has 3 heterocycles. The topological polar surface area (TPSA) is 48.5 Å². The number of nitrogens with zero attached hydrogens (tertiary/aromatic N) is 3. The van der Waals surface area contributed by atoms with Crippen molar-refractivity contribution >= 4 is 49.9 Å². The van der Waals surface area contributed by atoms with Crippen LogP contribution in [-0.2, 0) is 13.0 Å². The number of halogens is 1. The molecule has 2 aromatic heterocycles. The van der Waals surface area contributed by atoms with E-state index in [4.69, 9.17) is 9.73 Å². The molecule has 0 saturated carbocycles. The first-order valence-electron chi connectivity index (χ1n) is 14.7. The van der Waals surface area contributed by atoms with Crippen molar-refractivity contribution in [2.75, 3.05) is 7.11 Å². The monoisotopic (exact) mass is 657 g/mol. The summed E-state index contributed by atoms with van der Waals surface area (Å²) in [4.78, 5) is 20.2. The molecule has 0 spiro atoms. The Morgan fingerprint density at radius 3 is 2.55 bits per heavy atom. The maximum absolute atomic E-state index is 14.3. The van der Waals surface area contributed by atoms with Crippen LogP contribution >= 0.6 is 27.3 Å². The molecule has 0 unspecified atom stereocenters. The lowest BCUT2D eigenvalue weighted by Gasteiger charge is -2.30. The summed E-state index contributed by atoms with van der Waals surface area (Å²) in [5, 5.41) is 1.12. The van der Waals surface area contributed by atoms with Crippen molar-refractivity contribution < 1.29 is 4.74 Å². The molecule has 7 heteroatoms. The highest BCUT2D eigenvalue weighted by Crippen LogP contribution is 2.41. The van der Waals surface area contributed by atoms with Crippen molar-refractivity contribution in [2.45, 2.75) is 25.4 Å². The molecule has 1 atom stereocenters. The Morgan fingerprint density at radius 1 is 0.955 bits per heavy atom. The zero-order chi connectivity index (χ0) is 29.8. The summed E-state index contributed by atoms with van der Waals surface area (Å²) in [7, 11) is 1.67. The first-order valence-corrected chi connectivity index (χ1v) is 16.3. The van der Waals surface area contributed by atoms with Crippen LogP contribution in [0.5, 0.6) is 5.75 Å². The lowest BCUT2D eigenvalue weighted by atomic mass is 9.83. The molecule has 44 heavy (non-hydrogen) atoms. The third-order valence-electron chi connectivity index (χ3n) is 8.68. The summed E-state index contributed by atoms with van der Waals surface area (Å²) < 4.78 is 11.4. The Hall–Kier alpha value is -4.46. The summed E-state index contributed by atoms with van der Waals surface area (Å²) in [5.74, 6) is 0.795. The molecule has 1 aliphatic heterocycles. The van der Waals surface area contributed by atoms with Crippen LogP contribution in [0.2, 0.25) is 0 Å². The van der Waals surface area contributed by atoms with Gasteiger partial charge in [-0.05, 0) is 71.5 Å². The van der Waals surface area contributed by atoms with Crippen molar-refractivity contribution in [3.63, 3.8) is 0 Å². The number of benzene rings is 4. The Labute approximate surface area is 266 Å². The molecule has 6 aromatic rings. The first-order chi connectivity index (χ1) is 21.6. The third kappa shape index (κ3) is 4.59. The second kappa shape index (κ2) is 10.9. The van der Waals surface area contributed by atoms with Gasteiger partial charge >= 0.3 is 0 Å². The standard InChI is InChI=1S/C37H28BrN3O2S/c1-43-28-17-12-25(13-18-28)35-31-19-14-24-6-2-3-8-30(24)34(31)39-37-41(35)36(42)33(44-37)20-26-22-40(32-9-5-4-7-29(26)32)21-23-10-15-27(38)16-11-23/h2-13,15-18,20,22,35H,14,19,21H2,1H3/b33-20+/t35-/m1/s1. The molecule has 0 N–H and O–H groups in total. The molecule has 2 aliphatic rings. The summed E-state index contributed by atoms with van der Waals surface area (Å²) in [6, 6.07) is 33.2. The number of aryl methyl sites for hydroxylation is 1. The molecule has 0 bridgehead atoms. The maximum Gasteiger partial charge on any atom is 0.271 e. The van der Waals surface area contributed by atoms with Gasteiger partial charge in [0.25, 0.3) is 5.56 Å². The fourth-order valence-electron chi connectivity index (χ4n) is 6.56. The molecule has 1 aliphatic carbocycles. The summed E-state index contributed by atoms with van der Waals surface area (Å²) in [6.45, 7) is 0.743. The van der Waals surface area contributed by atoms with E-state index in [0.29, 0.717) is 4.53 Å². The van der Waals surface area contributed by atoms with Crippen LogP contribution < -0.4 is 19.6 Å². The lowest BCUT2D eigenvalue weighted by Crippen LogP contribution is -2.38. The second-order valence-corrected chi connectivity index (χ2v) is 13.2. The highest BCUT2D eigenvalue weighted by molar-refractivity contribution is 9.10. The van der Waals surface area contributed by atoms with Crippen LogP contribution in [-0.4, -0.2) is 16.2 Å². The number of hydrogen-bond donors (Lipinski definition) is 0. The molecule has 0 saturated heterocycles. The predicted molar refractivity (Wildman–Crippen MR) is 181 cm³/mol. The number of para-hydroxylation sites is 1. The van der Waals surface area contributed by atoms with Gasteiger partial charge in [-0.3, -0.25) is 9.36 Å². The van der Waals surface area contributed by atoms with Gasteiger partial charge in [-0.15, -0.1) is 0 Å². The van der Waals surface area contributed by atoms with Crippen molar-refractivity contribution in [1.29, 1.82) is 0 Å². The molecule has 216 valence electrons. The van der Waals surface area contributed by atoms with Crippen molar-refractivity contribution in [3.8, 4) is 5.75 Å². The number of rotatable bonds is 5. The first kappa shape index (κ1) is 27.1. The van der Waals surface area contributed by atoms with Crippen LogP contribution in [0.25, 0.3) is 22.7 Å². The Kier molecular flexibility index (Phi) is 6.73. The van der Waals surface area contributed by atoms with Crippen molar-refractivity contribution in [1.82, 2.24) is 9.13 Å². The number of aromatic nitrogens is 2. The van der Waals surface area contributed by atoms with Gasteiger partial charge in [0.1, 0.15) is 5.75 Å². The van der Waals surface area contributed by atoms with E-state index in [1.807, 2.05) is 22.8 Å². The SMILES string of the molecule is COc1ccc([C@@H]2C3=C(N=c4s/c(=C/c5cn(Cc6ccc(Br)cc6)c6ccccc56)c(=O)n42)c2ccccc2CC3)cc1. The third-order valence-corrected chi connectivity index (χ3v) is 10.2. The molecular formula is C37H28BrN3O2S. The van der Waals surface area contributed by atoms with Gasteiger partial charge < -0.3 is 9.30 Å².